The Balaban J connectivity index is 1.44. The van der Waals surface area contributed by atoms with Gasteiger partial charge in [-0.05, 0) is 25.0 Å². The van der Waals surface area contributed by atoms with Gasteiger partial charge in [0.05, 0.1) is 30.7 Å². The largest absolute Gasteiger partial charge is 0.378 e. The molecule has 5 rings (SSSR count). The second kappa shape index (κ2) is 7.80. The molecule has 0 aromatic carbocycles. The Hall–Kier alpha value is -2.80. The molecule has 0 amide bonds. The van der Waals surface area contributed by atoms with E-state index in [1.54, 1.807) is 12.4 Å². The molecule has 30 heavy (non-hydrogen) atoms. The summed E-state index contributed by atoms with van der Waals surface area (Å²) >= 11 is 0. The number of anilines is 1. The molecule has 2 fully saturated rings. The van der Waals surface area contributed by atoms with Crippen LogP contribution in [0.25, 0.3) is 22.4 Å². The lowest BCUT2D eigenvalue weighted by molar-refractivity contribution is 0.0751. The molecule has 1 aliphatic carbocycles. The summed E-state index contributed by atoms with van der Waals surface area (Å²) in [5, 5.41) is 0. The van der Waals surface area contributed by atoms with Gasteiger partial charge in [-0.3, -0.25) is 4.79 Å². The third-order valence-corrected chi connectivity index (χ3v) is 6.51. The first kappa shape index (κ1) is 19.2. The highest BCUT2D eigenvalue weighted by Gasteiger charge is 2.36. The first-order valence-corrected chi connectivity index (χ1v) is 10.8. The number of morpholine rings is 1. The number of hydrogen-bond donors (Lipinski definition) is 1. The Labute approximate surface area is 175 Å². The molecule has 0 radical (unpaired) electrons. The summed E-state index contributed by atoms with van der Waals surface area (Å²) in [5.74, 6) is 1.12. The Morgan fingerprint density at radius 3 is 2.63 bits per heavy atom. The van der Waals surface area contributed by atoms with Crippen molar-refractivity contribution in [2.75, 3.05) is 31.2 Å². The summed E-state index contributed by atoms with van der Waals surface area (Å²) in [6, 6.07) is 4.03. The molecule has 0 bridgehead atoms. The molecule has 7 heteroatoms. The van der Waals surface area contributed by atoms with E-state index in [1.807, 2.05) is 18.3 Å². The molecule has 1 aliphatic heterocycles. The minimum atomic E-state index is -0.299. The smallest absolute Gasteiger partial charge is 0.172 e. The molecule has 1 saturated heterocycles. The minimum Gasteiger partial charge on any atom is -0.378 e. The number of aromatic amines is 1. The van der Waals surface area contributed by atoms with Gasteiger partial charge in [-0.25, -0.2) is 15.0 Å². The molecule has 0 spiro atoms. The van der Waals surface area contributed by atoms with Crippen molar-refractivity contribution in [1.29, 1.82) is 0 Å². The molecule has 2 aliphatic rings. The lowest BCUT2D eigenvalue weighted by Gasteiger charge is -2.31. The quantitative estimate of drug-likeness (QED) is 0.660. The van der Waals surface area contributed by atoms with E-state index < -0.39 is 0 Å². The molecule has 0 unspecified atom stereocenters. The molecule has 0 atom stereocenters. The van der Waals surface area contributed by atoms with Crippen molar-refractivity contribution in [2.24, 2.45) is 5.41 Å². The fourth-order valence-electron chi connectivity index (χ4n) is 4.60. The van der Waals surface area contributed by atoms with Crippen LogP contribution in [0.15, 0.2) is 30.7 Å². The number of carbonyl (C=O) groups excluding carboxylic acids is 1. The topological polar surface area (TPSA) is 84.0 Å². The first-order valence-electron chi connectivity index (χ1n) is 10.8. The highest BCUT2D eigenvalue weighted by molar-refractivity contribution is 6.08. The SMILES string of the molecule is CC1(C(=O)c2c[nH]c3ncc(-c4ccc(N5CCOCC5)nc4)nc23)CCCCC1. The van der Waals surface area contributed by atoms with Gasteiger partial charge in [-0.15, -0.1) is 0 Å². The van der Waals surface area contributed by atoms with Gasteiger partial charge in [0.15, 0.2) is 11.4 Å². The average Bonchev–Trinajstić information content (AvgIpc) is 3.23. The van der Waals surface area contributed by atoms with Gasteiger partial charge < -0.3 is 14.6 Å². The second-order valence-corrected chi connectivity index (χ2v) is 8.61. The van der Waals surface area contributed by atoms with E-state index in [2.05, 4.69) is 26.8 Å². The predicted octanol–water partition coefficient (Wildman–Crippen LogP) is 4.01. The van der Waals surface area contributed by atoms with Crippen LogP contribution in [0.1, 0.15) is 49.4 Å². The van der Waals surface area contributed by atoms with Crippen LogP contribution in [0.2, 0.25) is 0 Å². The van der Waals surface area contributed by atoms with Crippen LogP contribution in [-0.2, 0) is 4.74 Å². The summed E-state index contributed by atoms with van der Waals surface area (Å²) in [6.45, 7) is 5.26. The number of rotatable bonds is 4. The van der Waals surface area contributed by atoms with E-state index in [9.17, 15) is 4.79 Å². The number of nitrogens with zero attached hydrogens (tertiary/aromatic N) is 4. The number of H-pyrrole nitrogens is 1. The number of pyridine rings is 1. The molecule has 156 valence electrons. The van der Waals surface area contributed by atoms with Crippen LogP contribution in [0.4, 0.5) is 5.82 Å². The maximum atomic E-state index is 13.3. The summed E-state index contributed by atoms with van der Waals surface area (Å²) in [5.41, 5.74) is 3.28. The van der Waals surface area contributed by atoms with E-state index in [-0.39, 0.29) is 11.2 Å². The highest BCUT2D eigenvalue weighted by atomic mass is 16.5. The number of ether oxygens (including phenoxy) is 1. The van der Waals surface area contributed by atoms with Crippen molar-refractivity contribution in [3.63, 3.8) is 0 Å². The van der Waals surface area contributed by atoms with Crippen LogP contribution in [-0.4, -0.2) is 52.0 Å². The molecular formula is C23H27N5O2. The van der Waals surface area contributed by atoms with Crippen molar-refractivity contribution in [3.8, 4) is 11.3 Å². The number of aromatic nitrogens is 4. The minimum absolute atomic E-state index is 0.181. The summed E-state index contributed by atoms with van der Waals surface area (Å²) in [6.07, 6.45) is 10.7. The molecular weight excluding hydrogens is 378 g/mol. The molecule has 4 heterocycles. The summed E-state index contributed by atoms with van der Waals surface area (Å²) in [7, 11) is 0. The van der Waals surface area contributed by atoms with Crippen molar-refractivity contribution in [3.05, 3.63) is 36.3 Å². The van der Waals surface area contributed by atoms with Crippen molar-refractivity contribution < 1.29 is 9.53 Å². The third-order valence-electron chi connectivity index (χ3n) is 6.51. The van der Waals surface area contributed by atoms with E-state index in [4.69, 9.17) is 9.72 Å². The van der Waals surface area contributed by atoms with Crippen LogP contribution in [0.5, 0.6) is 0 Å². The standard InChI is InChI=1S/C23H27N5O2/c1-23(7-3-2-4-8-23)21(29)17-14-25-22-20(17)27-18(15-26-22)16-5-6-19(24-13-16)28-9-11-30-12-10-28/h5-6,13-15H,2-4,7-12H2,1H3,(H,25,26). The Morgan fingerprint density at radius 2 is 1.90 bits per heavy atom. The molecule has 7 nitrogen and oxygen atoms in total. The van der Waals surface area contributed by atoms with E-state index in [1.165, 1.54) is 6.42 Å². The predicted molar refractivity (Wildman–Crippen MR) is 116 cm³/mol. The maximum absolute atomic E-state index is 13.3. The number of fused-ring (bicyclic) bond motifs is 1. The third kappa shape index (κ3) is 3.47. The van der Waals surface area contributed by atoms with Gasteiger partial charge in [0, 0.05) is 36.5 Å². The van der Waals surface area contributed by atoms with Gasteiger partial charge in [0.1, 0.15) is 11.3 Å². The second-order valence-electron chi connectivity index (χ2n) is 8.61. The molecule has 3 aromatic rings. The van der Waals surface area contributed by atoms with E-state index >= 15 is 0 Å². The van der Waals surface area contributed by atoms with Gasteiger partial charge in [0.2, 0.25) is 0 Å². The first-order chi connectivity index (χ1) is 14.6. The van der Waals surface area contributed by atoms with E-state index in [0.717, 1.165) is 69.1 Å². The fourth-order valence-corrected chi connectivity index (χ4v) is 4.60. The van der Waals surface area contributed by atoms with Gasteiger partial charge in [-0.2, -0.15) is 0 Å². The van der Waals surface area contributed by atoms with Crippen LogP contribution in [0.3, 0.4) is 0 Å². The van der Waals surface area contributed by atoms with Gasteiger partial charge in [-0.1, -0.05) is 26.2 Å². The number of nitrogens with one attached hydrogen (secondary N) is 1. The van der Waals surface area contributed by atoms with Gasteiger partial charge >= 0.3 is 0 Å². The monoisotopic (exact) mass is 405 g/mol. The zero-order chi connectivity index (χ0) is 20.6. The zero-order valence-corrected chi connectivity index (χ0v) is 17.4. The van der Waals surface area contributed by atoms with Crippen LogP contribution >= 0.6 is 0 Å². The number of Topliss-reactive ketones (excluding diaryl/α,β-unsaturated/α-hetero) is 1. The Morgan fingerprint density at radius 1 is 1.10 bits per heavy atom. The molecule has 1 saturated carbocycles. The van der Waals surface area contributed by atoms with Crippen LogP contribution < -0.4 is 4.90 Å². The Bertz CT molecular complexity index is 1050. The highest BCUT2D eigenvalue weighted by Crippen LogP contribution is 2.39. The number of ketones is 1. The normalized spacial score (nSPS) is 19.2. The van der Waals surface area contributed by atoms with Crippen LogP contribution in [0, 0.1) is 5.41 Å². The van der Waals surface area contributed by atoms with Crippen molar-refractivity contribution >= 4 is 22.8 Å². The van der Waals surface area contributed by atoms with Gasteiger partial charge in [0.25, 0.3) is 0 Å². The summed E-state index contributed by atoms with van der Waals surface area (Å²) in [4.78, 5) is 32.6. The molecule has 3 aromatic heterocycles. The van der Waals surface area contributed by atoms with Crippen molar-refractivity contribution in [1.82, 2.24) is 19.9 Å². The Kier molecular flexibility index (Phi) is 4.98. The zero-order valence-electron chi connectivity index (χ0n) is 17.4. The number of hydrogen-bond acceptors (Lipinski definition) is 6. The fraction of sp³-hybridized carbons (Fsp3) is 0.478. The van der Waals surface area contributed by atoms with Crippen molar-refractivity contribution in [2.45, 2.75) is 39.0 Å². The lowest BCUT2D eigenvalue weighted by atomic mass is 9.71. The van der Waals surface area contributed by atoms with E-state index in [0.29, 0.717) is 16.7 Å². The average molecular weight is 406 g/mol. The number of carbonyl (C=O) groups is 1. The molecule has 1 N–H and O–H groups in total. The summed E-state index contributed by atoms with van der Waals surface area (Å²) < 4.78 is 5.41. The maximum Gasteiger partial charge on any atom is 0.172 e. The lowest BCUT2D eigenvalue weighted by Crippen LogP contribution is -2.36.